The van der Waals surface area contributed by atoms with Crippen LogP contribution in [0, 0.1) is 0 Å². The van der Waals surface area contributed by atoms with Gasteiger partial charge in [0.2, 0.25) is 6.41 Å². The van der Waals surface area contributed by atoms with Gasteiger partial charge in [-0.05, 0) is 0 Å². The predicted octanol–water partition coefficient (Wildman–Crippen LogP) is -0.658. The van der Waals surface area contributed by atoms with Crippen LogP contribution in [0.3, 0.4) is 0 Å². The molecule has 60 valence electrons. The van der Waals surface area contributed by atoms with Crippen LogP contribution in [0.25, 0.3) is 0 Å². The minimum absolute atomic E-state index is 0.250. The van der Waals surface area contributed by atoms with Crippen LogP contribution in [0.2, 0.25) is 0 Å². The standard InChI is InChI=1S/C5H11NO3S/c1-5(10(8)9)3-6(2)4-7/h4-5H,3H2,1-2H3,(H,8,9)/p-1. The van der Waals surface area contributed by atoms with Crippen molar-refractivity contribution in [2.75, 3.05) is 13.6 Å². The summed E-state index contributed by atoms with van der Waals surface area (Å²) >= 11 is -2.08. The number of hydrogen-bond acceptors (Lipinski definition) is 3. The summed E-state index contributed by atoms with van der Waals surface area (Å²) in [5.74, 6) is 0. The van der Waals surface area contributed by atoms with E-state index >= 15 is 0 Å². The normalized spacial score (nSPS) is 15.9. The minimum Gasteiger partial charge on any atom is -0.772 e. The molecule has 0 aromatic carbocycles. The molecule has 0 aromatic rings. The van der Waals surface area contributed by atoms with Gasteiger partial charge in [0.25, 0.3) is 0 Å². The number of carbonyl (C=O) groups is 1. The van der Waals surface area contributed by atoms with E-state index in [0.717, 1.165) is 0 Å². The van der Waals surface area contributed by atoms with E-state index in [1.807, 2.05) is 0 Å². The van der Waals surface area contributed by atoms with Crippen molar-refractivity contribution >= 4 is 17.5 Å². The summed E-state index contributed by atoms with van der Waals surface area (Å²) in [6.07, 6.45) is 0.601. The van der Waals surface area contributed by atoms with Crippen LogP contribution < -0.4 is 0 Å². The van der Waals surface area contributed by atoms with Crippen molar-refractivity contribution in [2.45, 2.75) is 12.2 Å². The molecule has 0 bridgehead atoms. The summed E-state index contributed by atoms with van der Waals surface area (Å²) in [6.45, 7) is 1.79. The van der Waals surface area contributed by atoms with Crippen molar-refractivity contribution in [3.05, 3.63) is 0 Å². The summed E-state index contributed by atoms with van der Waals surface area (Å²) in [6, 6.07) is 0. The Morgan fingerprint density at radius 1 is 1.80 bits per heavy atom. The molecule has 0 saturated heterocycles. The fraction of sp³-hybridized carbons (Fsp3) is 0.800. The first-order valence-electron chi connectivity index (χ1n) is 2.81. The van der Waals surface area contributed by atoms with Gasteiger partial charge in [0.15, 0.2) is 0 Å². The van der Waals surface area contributed by atoms with Crippen molar-refractivity contribution in [2.24, 2.45) is 0 Å². The van der Waals surface area contributed by atoms with Gasteiger partial charge in [-0.15, -0.1) is 0 Å². The largest absolute Gasteiger partial charge is 0.772 e. The molecule has 0 aliphatic carbocycles. The van der Waals surface area contributed by atoms with Gasteiger partial charge in [-0.25, -0.2) is 0 Å². The number of rotatable bonds is 4. The first-order valence-corrected chi connectivity index (χ1v) is 3.95. The maximum atomic E-state index is 10.2. The second-order valence-electron chi connectivity index (χ2n) is 2.12. The van der Waals surface area contributed by atoms with E-state index < -0.39 is 16.3 Å². The highest BCUT2D eigenvalue weighted by Crippen LogP contribution is 1.92. The molecule has 0 radical (unpaired) electrons. The Kier molecular flexibility index (Phi) is 4.22. The quantitative estimate of drug-likeness (QED) is 0.409. The third-order valence-electron chi connectivity index (χ3n) is 1.05. The summed E-state index contributed by atoms with van der Waals surface area (Å²) < 4.78 is 20.4. The molecular weight excluding hydrogens is 154 g/mol. The van der Waals surface area contributed by atoms with E-state index in [-0.39, 0.29) is 6.54 Å². The molecule has 5 heteroatoms. The summed E-state index contributed by atoms with van der Waals surface area (Å²) in [5.41, 5.74) is 0. The van der Waals surface area contributed by atoms with Gasteiger partial charge >= 0.3 is 0 Å². The number of nitrogens with zero attached hydrogens (tertiary/aromatic N) is 1. The topological polar surface area (TPSA) is 60.4 Å². The highest BCUT2D eigenvalue weighted by molar-refractivity contribution is 7.79. The molecule has 0 aliphatic heterocycles. The van der Waals surface area contributed by atoms with E-state index in [9.17, 15) is 13.6 Å². The second-order valence-corrected chi connectivity index (χ2v) is 3.44. The Labute approximate surface area is 62.5 Å². The monoisotopic (exact) mass is 164 g/mol. The number of hydrogen-bond donors (Lipinski definition) is 0. The Morgan fingerprint density at radius 3 is 2.60 bits per heavy atom. The molecule has 0 saturated carbocycles. The zero-order valence-electron chi connectivity index (χ0n) is 5.94. The lowest BCUT2D eigenvalue weighted by atomic mass is 10.4. The highest BCUT2D eigenvalue weighted by atomic mass is 32.2. The van der Waals surface area contributed by atoms with Crippen LogP contribution in [-0.4, -0.2) is 38.9 Å². The molecule has 1 amide bonds. The van der Waals surface area contributed by atoms with E-state index in [4.69, 9.17) is 0 Å². The van der Waals surface area contributed by atoms with Gasteiger partial charge in [-0.2, -0.15) is 0 Å². The molecule has 2 atom stereocenters. The van der Waals surface area contributed by atoms with E-state index in [1.54, 1.807) is 6.92 Å². The average molecular weight is 164 g/mol. The lowest BCUT2D eigenvalue weighted by Crippen LogP contribution is -2.28. The maximum Gasteiger partial charge on any atom is 0.209 e. The van der Waals surface area contributed by atoms with E-state index in [2.05, 4.69) is 0 Å². The first kappa shape index (κ1) is 9.58. The van der Waals surface area contributed by atoms with Crippen LogP contribution in [-0.2, 0) is 15.9 Å². The number of amides is 1. The third-order valence-corrected chi connectivity index (χ3v) is 1.86. The lowest BCUT2D eigenvalue weighted by molar-refractivity contribution is -0.116. The highest BCUT2D eigenvalue weighted by Gasteiger charge is 2.03. The molecule has 4 nitrogen and oxygen atoms in total. The second kappa shape index (κ2) is 4.40. The molecule has 2 unspecified atom stereocenters. The molecule has 0 spiro atoms. The third kappa shape index (κ3) is 3.58. The van der Waals surface area contributed by atoms with Crippen molar-refractivity contribution < 1.29 is 13.6 Å². The molecule has 0 fully saturated rings. The Bertz CT molecular complexity index is 139. The van der Waals surface area contributed by atoms with Crippen LogP contribution in [0.15, 0.2) is 0 Å². The zero-order chi connectivity index (χ0) is 8.15. The van der Waals surface area contributed by atoms with Gasteiger partial charge < -0.3 is 9.45 Å². The molecular formula is C5H10NO3S-. The molecule has 0 aliphatic rings. The lowest BCUT2D eigenvalue weighted by Gasteiger charge is -2.18. The smallest absolute Gasteiger partial charge is 0.209 e. The van der Waals surface area contributed by atoms with Crippen LogP contribution >= 0.6 is 0 Å². The molecule has 0 heterocycles. The van der Waals surface area contributed by atoms with Gasteiger partial charge in [0, 0.05) is 18.8 Å². The van der Waals surface area contributed by atoms with Gasteiger partial charge in [-0.3, -0.25) is 9.00 Å². The first-order chi connectivity index (χ1) is 4.57. The summed E-state index contributed by atoms with van der Waals surface area (Å²) in [4.78, 5) is 11.3. The zero-order valence-corrected chi connectivity index (χ0v) is 6.76. The van der Waals surface area contributed by atoms with Crippen molar-refractivity contribution in [3.63, 3.8) is 0 Å². The van der Waals surface area contributed by atoms with Crippen molar-refractivity contribution in [3.8, 4) is 0 Å². The van der Waals surface area contributed by atoms with Crippen molar-refractivity contribution in [1.29, 1.82) is 0 Å². The fourth-order valence-electron chi connectivity index (χ4n) is 0.509. The fourth-order valence-corrected chi connectivity index (χ4v) is 0.866. The van der Waals surface area contributed by atoms with Gasteiger partial charge in [-0.1, -0.05) is 18.0 Å². The average Bonchev–Trinajstić information content (AvgIpc) is 1.87. The summed E-state index contributed by atoms with van der Waals surface area (Å²) in [5, 5.41) is -0.491. The Balaban J connectivity index is 3.67. The van der Waals surface area contributed by atoms with Crippen LogP contribution in [0.4, 0.5) is 0 Å². The van der Waals surface area contributed by atoms with E-state index in [1.165, 1.54) is 11.9 Å². The number of carbonyl (C=O) groups excluding carboxylic acids is 1. The van der Waals surface area contributed by atoms with Crippen LogP contribution in [0.1, 0.15) is 6.92 Å². The molecule has 0 aromatic heterocycles. The van der Waals surface area contributed by atoms with Crippen molar-refractivity contribution in [1.82, 2.24) is 4.90 Å². The minimum atomic E-state index is -2.08. The SMILES string of the molecule is CC(CN(C)C=O)S(=O)[O-]. The van der Waals surface area contributed by atoms with E-state index in [0.29, 0.717) is 6.41 Å². The maximum absolute atomic E-state index is 10.2. The Morgan fingerprint density at radius 2 is 2.30 bits per heavy atom. The predicted molar refractivity (Wildman–Crippen MR) is 37.1 cm³/mol. The van der Waals surface area contributed by atoms with Gasteiger partial charge in [0.1, 0.15) is 0 Å². The molecule has 0 rings (SSSR count). The van der Waals surface area contributed by atoms with Crippen LogP contribution in [0.5, 0.6) is 0 Å². The van der Waals surface area contributed by atoms with Gasteiger partial charge in [0.05, 0.1) is 0 Å². The Hall–Kier alpha value is -0.420. The molecule has 10 heavy (non-hydrogen) atoms. The summed E-state index contributed by atoms with van der Waals surface area (Å²) in [7, 11) is 1.54. The molecule has 0 N–H and O–H groups in total.